The first-order chi connectivity index (χ1) is 10.6. The molecule has 22 heavy (non-hydrogen) atoms. The summed E-state index contributed by atoms with van der Waals surface area (Å²) in [6.07, 6.45) is 1.63. The van der Waals surface area contributed by atoms with Gasteiger partial charge in [0.15, 0.2) is 11.5 Å². The predicted molar refractivity (Wildman–Crippen MR) is 76.6 cm³/mol. The van der Waals surface area contributed by atoms with Crippen LogP contribution in [-0.4, -0.2) is 27.5 Å². The summed E-state index contributed by atoms with van der Waals surface area (Å²) in [4.78, 5) is 26.5. The standard InChI is InChI=1S/C14H16N4O4/c1-9(18-7-16-14(20)17-18)4-13(19)15-6-10-2-3-11-12(5-10)22-8-21-11/h2-3,5,7,9H,4,6,8H2,1H3,(H,15,19)(H,17,20). The minimum atomic E-state index is -0.424. The van der Waals surface area contributed by atoms with Gasteiger partial charge in [-0.1, -0.05) is 6.07 Å². The molecule has 8 nitrogen and oxygen atoms in total. The van der Waals surface area contributed by atoms with E-state index in [-0.39, 0.29) is 25.2 Å². The minimum absolute atomic E-state index is 0.111. The Balaban J connectivity index is 1.53. The summed E-state index contributed by atoms with van der Waals surface area (Å²) < 4.78 is 12.0. The Morgan fingerprint density at radius 3 is 3.05 bits per heavy atom. The van der Waals surface area contributed by atoms with Gasteiger partial charge in [0.05, 0.1) is 6.04 Å². The van der Waals surface area contributed by atoms with E-state index in [2.05, 4.69) is 15.4 Å². The second-order valence-electron chi connectivity index (χ2n) is 5.09. The minimum Gasteiger partial charge on any atom is -0.454 e. The van der Waals surface area contributed by atoms with Crippen molar-refractivity contribution in [2.45, 2.75) is 25.9 Å². The van der Waals surface area contributed by atoms with Crippen LogP contribution < -0.4 is 20.5 Å². The molecule has 1 amide bonds. The maximum absolute atomic E-state index is 11.9. The van der Waals surface area contributed by atoms with E-state index in [9.17, 15) is 9.59 Å². The second-order valence-corrected chi connectivity index (χ2v) is 5.09. The van der Waals surface area contributed by atoms with Gasteiger partial charge in [0, 0.05) is 13.0 Å². The summed E-state index contributed by atoms with van der Waals surface area (Å²) in [6.45, 7) is 2.46. The molecule has 2 N–H and O–H groups in total. The second kappa shape index (κ2) is 5.92. The zero-order chi connectivity index (χ0) is 15.5. The van der Waals surface area contributed by atoms with Gasteiger partial charge in [-0.05, 0) is 24.6 Å². The smallest absolute Gasteiger partial charge is 0.361 e. The van der Waals surface area contributed by atoms with Crippen LogP contribution in [0.3, 0.4) is 0 Å². The number of rotatable bonds is 5. The molecule has 0 saturated carbocycles. The van der Waals surface area contributed by atoms with Crippen molar-refractivity contribution in [3.63, 3.8) is 0 Å². The van der Waals surface area contributed by atoms with E-state index in [1.54, 1.807) is 0 Å². The summed E-state index contributed by atoms with van der Waals surface area (Å²) in [5.74, 6) is 1.29. The third kappa shape index (κ3) is 3.11. The van der Waals surface area contributed by atoms with Crippen LogP contribution in [0.4, 0.5) is 0 Å². The summed E-state index contributed by atoms with van der Waals surface area (Å²) in [5.41, 5.74) is 0.508. The van der Waals surface area contributed by atoms with Crippen LogP contribution in [0.5, 0.6) is 11.5 Å². The fourth-order valence-corrected chi connectivity index (χ4v) is 2.20. The van der Waals surface area contributed by atoms with E-state index < -0.39 is 5.69 Å². The first-order valence-electron chi connectivity index (χ1n) is 6.90. The Kier molecular flexibility index (Phi) is 3.82. The van der Waals surface area contributed by atoms with Crippen LogP contribution in [0.2, 0.25) is 0 Å². The first-order valence-corrected chi connectivity index (χ1v) is 6.90. The molecular weight excluding hydrogens is 288 g/mol. The van der Waals surface area contributed by atoms with Crippen LogP contribution in [0, 0.1) is 0 Å². The Morgan fingerprint density at radius 1 is 1.45 bits per heavy atom. The van der Waals surface area contributed by atoms with Gasteiger partial charge in [-0.2, -0.15) is 4.98 Å². The van der Waals surface area contributed by atoms with E-state index in [1.165, 1.54) is 11.0 Å². The highest BCUT2D eigenvalue weighted by atomic mass is 16.7. The van der Waals surface area contributed by atoms with Gasteiger partial charge in [0.2, 0.25) is 12.7 Å². The Bertz CT molecular complexity index is 736. The highest BCUT2D eigenvalue weighted by Crippen LogP contribution is 2.32. The van der Waals surface area contributed by atoms with Crippen LogP contribution in [0.25, 0.3) is 0 Å². The molecule has 0 bridgehead atoms. The van der Waals surface area contributed by atoms with Crippen LogP contribution in [0.15, 0.2) is 29.3 Å². The van der Waals surface area contributed by atoms with Crippen molar-refractivity contribution in [1.82, 2.24) is 20.1 Å². The fraction of sp³-hybridized carbons (Fsp3) is 0.357. The molecule has 1 atom stereocenters. The lowest BCUT2D eigenvalue weighted by Crippen LogP contribution is -2.26. The largest absolute Gasteiger partial charge is 0.454 e. The average molecular weight is 304 g/mol. The number of nitrogens with zero attached hydrogens (tertiary/aromatic N) is 2. The zero-order valence-electron chi connectivity index (χ0n) is 12.0. The summed E-state index contributed by atoms with van der Waals surface area (Å²) in [5, 5.41) is 5.36. The average Bonchev–Trinajstić information content (AvgIpc) is 3.13. The van der Waals surface area contributed by atoms with Crippen LogP contribution in [0.1, 0.15) is 24.9 Å². The Labute approximate surface area is 126 Å². The molecule has 1 aliphatic rings. The normalized spacial score (nSPS) is 13.9. The molecule has 1 aromatic heterocycles. The number of amides is 1. The Morgan fingerprint density at radius 2 is 2.27 bits per heavy atom. The summed E-state index contributed by atoms with van der Waals surface area (Å²) in [7, 11) is 0. The van der Waals surface area contributed by atoms with E-state index in [0.717, 1.165) is 5.56 Å². The maximum Gasteiger partial charge on any atom is 0.361 e. The maximum atomic E-state index is 11.9. The van der Waals surface area contributed by atoms with E-state index in [4.69, 9.17) is 9.47 Å². The van der Waals surface area contributed by atoms with Gasteiger partial charge < -0.3 is 14.8 Å². The molecule has 1 aliphatic heterocycles. The molecule has 0 saturated heterocycles. The number of ether oxygens (including phenoxy) is 2. The number of hydrogen-bond acceptors (Lipinski definition) is 5. The zero-order valence-corrected chi connectivity index (χ0v) is 12.0. The predicted octanol–water partition coefficient (Wildman–Crippen LogP) is 0.568. The molecule has 8 heteroatoms. The molecule has 0 spiro atoms. The number of nitrogens with one attached hydrogen (secondary N) is 2. The van der Waals surface area contributed by atoms with Crippen LogP contribution in [-0.2, 0) is 11.3 Å². The van der Waals surface area contributed by atoms with Crippen molar-refractivity contribution >= 4 is 5.91 Å². The molecular formula is C14H16N4O4. The first kappa shape index (κ1) is 14.2. The number of H-pyrrole nitrogens is 1. The van der Waals surface area contributed by atoms with Crippen molar-refractivity contribution in [2.24, 2.45) is 0 Å². The highest BCUT2D eigenvalue weighted by molar-refractivity contribution is 5.76. The summed E-state index contributed by atoms with van der Waals surface area (Å²) >= 11 is 0. The van der Waals surface area contributed by atoms with Crippen molar-refractivity contribution in [3.05, 3.63) is 40.6 Å². The number of aromatic amines is 1. The van der Waals surface area contributed by atoms with E-state index in [0.29, 0.717) is 18.0 Å². The quantitative estimate of drug-likeness (QED) is 0.841. The number of aromatic nitrogens is 3. The molecule has 2 aromatic rings. The third-order valence-electron chi connectivity index (χ3n) is 3.41. The third-order valence-corrected chi connectivity index (χ3v) is 3.41. The van der Waals surface area contributed by atoms with Gasteiger partial charge in [0.25, 0.3) is 0 Å². The molecule has 0 fully saturated rings. The Hall–Kier alpha value is -2.77. The van der Waals surface area contributed by atoms with Crippen molar-refractivity contribution < 1.29 is 14.3 Å². The van der Waals surface area contributed by atoms with Crippen molar-refractivity contribution in [3.8, 4) is 11.5 Å². The lowest BCUT2D eigenvalue weighted by atomic mass is 10.2. The van der Waals surface area contributed by atoms with Gasteiger partial charge in [-0.25, -0.2) is 9.89 Å². The van der Waals surface area contributed by atoms with Gasteiger partial charge >= 0.3 is 5.69 Å². The summed E-state index contributed by atoms with van der Waals surface area (Å²) in [6, 6.07) is 5.37. The molecule has 0 aliphatic carbocycles. The molecule has 116 valence electrons. The van der Waals surface area contributed by atoms with Gasteiger partial charge in [-0.3, -0.25) is 9.48 Å². The lowest BCUT2D eigenvalue weighted by Gasteiger charge is -2.12. The van der Waals surface area contributed by atoms with Crippen LogP contribution >= 0.6 is 0 Å². The number of benzene rings is 1. The van der Waals surface area contributed by atoms with Gasteiger partial charge in [0.1, 0.15) is 6.33 Å². The van der Waals surface area contributed by atoms with E-state index >= 15 is 0 Å². The van der Waals surface area contributed by atoms with Crippen molar-refractivity contribution in [2.75, 3.05) is 6.79 Å². The van der Waals surface area contributed by atoms with Gasteiger partial charge in [-0.15, -0.1) is 0 Å². The van der Waals surface area contributed by atoms with E-state index in [1.807, 2.05) is 25.1 Å². The molecule has 1 aromatic carbocycles. The number of hydrogen-bond donors (Lipinski definition) is 2. The van der Waals surface area contributed by atoms with Crippen molar-refractivity contribution in [1.29, 1.82) is 0 Å². The topological polar surface area (TPSA) is 98.2 Å². The molecule has 2 heterocycles. The molecule has 1 unspecified atom stereocenters. The SMILES string of the molecule is CC(CC(=O)NCc1ccc2c(c1)OCO2)n1cnc(=O)[nH]1. The number of carbonyl (C=O) groups is 1. The fourth-order valence-electron chi connectivity index (χ4n) is 2.20. The lowest BCUT2D eigenvalue weighted by molar-refractivity contribution is -0.122. The molecule has 0 radical (unpaired) electrons. The molecule has 3 rings (SSSR count). The monoisotopic (exact) mass is 304 g/mol. The number of fused-ring (bicyclic) bond motifs is 1. The number of carbonyl (C=O) groups excluding carboxylic acids is 1. The highest BCUT2D eigenvalue weighted by Gasteiger charge is 2.14.